The van der Waals surface area contributed by atoms with Gasteiger partial charge in [0.1, 0.15) is 0 Å². The lowest BCUT2D eigenvalue weighted by Gasteiger charge is -2.29. The molecule has 0 radical (unpaired) electrons. The molecule has 1 saturated heterocycles. The molecule has 2 aromatic rings. The Balaban J connectivity index is 1.59. The first-order chi connectivity index (χ1) is 14.4. The minimum absolute atomic E-state index is 0.111. The number of nitrogens with one attached hydrogen (secondary N) is 2. The van der Waals surface area contributed by atoms with Crippen molar-refractivity contribution in [1.82, 2.24) is 10.2 Å². The highest BCUT2D eigenvalue weighted by atomic mass is 16.2. The molecule has 30 heavy (non-hydrogen) atoms. The van der Waals surface area contributed by atoms with Gasteiger partial charge in [-0.25, -0.2) is 0 Å². The molecule has 3 rings (SSSR count). The maximum Gasteiger partial charge on any atom is 0.253 e. The van der Waals surface area contributed by atoms with E-state index in [2.05, 4.69) is 10.6 Å². The van der Waals surface area contributed by atoms with Crippen molar-refractivity contribution in [2.75, 3.05) is 25.0 Å². The van der Waals surface area contributed by atoms with Gasteiger partial charge in [0.25, 0.3) is 5.91 Å². The van der Waals surface area contributed by atoms with Crippen LogP contribution in [0.1, 0.15) is 41.7 Å². The van der Waals surface area contributed by atoms with E-state index in [1.807, 2.05) is 42.2 Å². The summed E-state index contributed by atoms with van der Waals surface area (Å²) in [6.45, 7) is 3.43. The van der Waals surface area contributed by atoms with E-state index < -0.39 is 0 Å². The normalized spacial score (nSPS) is 15.9. The summed E-state index contributed by atoms with van der Waals surface area (Å²) in [6.07, 6.45) is 1.33. The zero-order valence-corrected chi connectivity index (χ0v) is 17.1. The molecular formula is C23H28N4O3. The van der Waals surface area contributed by atoms with Gasteiger partial charge in [0, 0.05) is 5.92 Å². The van der Waals surface area contributed by atoms with Crippen LogP contribution in [0.4, 0.5) is 5.69 Å². The van der Waals surface area contributed by atoms with E-state index in [0.717, 1.165) is 5.56 Å². The zero-order valence-electron chi connectivity index (χ0n) is 17.1. The molecule has 0 bridgehead atoms. The van der Waals surface area contributed by atoms with Crippen LogP contribution in [0.15, 0.2) is 54.6 Å². The van der Waals surface area contributed by atoms with Crippen LogP contribution in [0.25, 0.3) is 0 Å². The Morgan fingerprint density at radius 2 is 1.67 bits per heavy atom. The van der Waals surface area contributed by atoms with Crippen molar-refractivity contribution >= 4 is 23.4 Å². The second kappa shape index (κ2) is 10.0. The van der Waals surface area contributed by atoms with E-state index in [9.17, 15) is 14.4 Å². The Morgan fingerprint density at radius 1 is 1.03 bits per heavy atom. The average molecular weight is 409 g/mol. The summed E-state index contributed by atoms with van der Waals surface area (Å²) in [6, 6.07) is 16.5. The zero-order chi connectivity index (χ0) is 21.5. The Labute approximate surface area is 176 Å². The molecule has 7 heteroatoms. The lowest BCUT2D eigenvalue weighted by molar-refractivity contribution is -0.123. The molecule has 4 N–H and O–H groups in total. The number of hydrogen-bond acceptors (Lipinski definition) is 4. The van der Waals surface area contributed by atoms with Crippen LogP contribution in [0.2, 0.25) is 0 Å². The third-order valence-electron chi connectivity index (χ3n) is 5.45. The predicted molar refractivity (Wildman–Crippen MR) is 116 cm³/mol. The molecule has 1 aliphatic heterocycles. The molecule has 0 unspecified atom stereocenters. The van der Waals surface area contributed by atoms with Crippen molar-refractivity contribution in [3.8, 4) is 0 Å². The summed E-state index contributed by atoms with van der Waals surface area (Å²) in [5, 5.41) is 5.83. The molecule has 7 nitrogen and oxygen atoms in total. The van der Waals surface area contributed by atoms with Gasteiger partial charge in [-0.15, -0.1) is 0 Å². The number of amides is 3. The van der Waals surface area contributed by atoms with E-state index >= 15 is 0 Å². The van der Waals surface area contributed by atoms with Gasteiger partial charge in [0.05, 0.1) is 23.8 Å². The fourth-order valence-electron chi connectivity index (χ4n) is 3.66. The number of nitrogens with zero attached hydrogens (tertiary/aromatic N) is 1. The molecule has 1 aliphatic rings. The first-order valence-electron chi connectivity index (χ1n) is 10.2. The van der Waals surface area contributed by atoms with Gasteiger partial charge in [-0.1, -0.05) is 42.5 Å². The van der Waals surface area contributed by atoms with E-state index in [4.69, 9.17) is 5.73 Å². The summed E-state index contributed by atoms with van der Waals surface area (Å²) >= 11 is 0. The number of carbonyl (C=O) groups excluding carboxylic acids is 3. The summed E-state index contributed by atoms with van der Waals surface area (Å²) in [5.41, 5.74) is 7.26. The Kier molecular flexibility index (Phi) is 7.19. The van der Waals surface area contributed by atoms with Crippen molar-refractivity contribution in [3.05, 3.63) is 65.7 Å². The van der Waals surface area contributed by atoms with Crippen LogP contribution in [0.3, 0.4) is 0 Å². The minimum atomic E-state index is -0.274. The van der Waals surface area contributed by atoms with E-state index in [-0.39, 0.29) is 36.2 Å². The molecule has 1 fully saturated rings. The number of piperidine rings is 1. The molecule has 1 atom stereocenters. The molecule has 0 saturated carbocycles. The lowest BCUT2D eigenvalue weighted by Crippen LogP contribution is -2.42. The number of likely N-dealkylation sites (tertiary alicyclic amines) is 1. The van der Waals surface area contributed by atoms with Crippen LogP contribution in [0.5, 0.6) is 0 Å². The number of rotatable bonds is 7. The number of carbonyl (C=O) groups is 3. The topological polar surface area (TPSA) is 105 Å². The lowest BCUT2D eigenvalue weighted by atomic mass is 9.96. The highest BCUT2D eigenvalue weighted by Gasteiger charge is 2.24. The molecule has 0 spiro atoms. The van der Waals surface area contributed by atoms with Gasteiger partial charge < -0.3 is 16.4 Å². The number of benzene rings is 2. The highest BCUT2D eigenvalue weighted by Crippen LogP contribution is 2.19. The summed E-state index contributed by atoms with van der Waals surface area (Å²) in [4.78, 5) is 38.6. The second-order valence-electron chi connectivity index (χ2n) is 7.65. The summed E-state index contributed by atoms with van der Waals surface area (Å²) in [7, 11) is 0. The van der Waals surface area contributed by atoms with Gasteiger partial charge in [0.15, 0.2) is 0 Å². The smallest absolute Gasteiger partial charge is 0.253 e. The largest absolute Gasteiger partial charge is 0.369 e. The first kappa shape index (κ1) is 21.5. The molecule has 0 aliphatic carbocycles. The average Bonchev–Trinajstić information content (AvgIpc) is 2.75. The maximum atomic E-state index is 12.8. The number of hydrogen-bond donors (Lipinski definition) is 3. The Bertz CT molecular complexity index is 892. The van der Waals surface area contributed by atoms with Crippen molar-refractivity contribution in [2.45, 2.75) is 25.8 Å². The van der Waals surface area contributed by atoms with Gasteiger partial charge in [-0.2, -0.15) is 0 Å². The van der Waals surface area contributed by atoms with E-state index in [1.165, 1.54) is 0 Å². The molecule has 1 heterocycles. The number of nitrogens with two attached hydrogens (primary N) is 1. The van der Waals surface area contributed by atoms with Crippen molar-refractivity contribution in [2.24, 2.45) is 11.7 Å². The van der Waals surface area contributed by atoms with Crippen LogP contribution in [0, 0.1) is 5.92 Å². The fraction of sp³-hybridized carbons (Fsp3) is 0.348. The van der Waals surface area contributed by atoms with Crippen LogP contribution >= 0.6 is 0 Å². The third kappa shape index (κ3) is 5.67. The Hall–Kier alpha value is -3.19. The van der Waals surface area contributed by atoms with E-state index in [0.29, 0.717) is 37.2 Å². The van der Waals surface area contributed by atoms with Crippen LogP contribution in [-0.2, 0) is 9.59 Å². The van der Waals surface area contributed by atoms with Gasteiger partial charge in [-0.3, -0.25) is 19.3 Å². The Morgan fingerprint density at radius 3 is 2.33 bits per heavy atom. The molecule has 2 aromatic carbocycles. The van der Waals surface area contributed by atoms with Gasteiger partial charge in [-0.05, 0) is 50.6 Å². The van der Waals surface area contributed by atoms with Crippen molar-refractivity contribution in [1.29, 1.82) is 0 Å². The first-order valence-corrected chi connectivity index (χ1v) is 10.2. The monoisotopic (exact) mass is 408 g/mol. The standard InChI is InChI=1S/C23H28N4O3/c1-16(17-7-3-2-4-8-17)25-23(30)19-9-5-6-10-20(19)26-21(28)15-27-13-11-18(12-14-27)22(24)29/h2-10,16,18H,11-15H2,1H3,(H2,24,29)(H,25,30)(H,26,28)/t16-/m0/s1. The number of para-hydroxylation sites is 1. The molecular weight excluding hydrogens is 380 g/mol. The predicted octanol–water partition coefficient (Wildman–Crippen LogP) is 2.31. The van der Waals surface area contributed by atoms with Crippen molar-refractivity contribution in [3.63, 3.8) is 0 Å². The minimum Gasteiger partial charge on any atom is -0.369 e. The SMILES string of the molecule is C[C@H](NC(=O)c1ccccc1NC(=O)CN1CCC(C(N)=O)CC1)c1ccccc1. The van der Waals surface area contributed by atoms with Gasteiger partial charge in [0.2, 0.25) is 11.8 Å². The maximum absolute atomic E-state index is 12.8. The molecule has 158 valence electrons. The van der Waals surface area contributed by atoms with Crippen molar-refractivity contribution < 1.29 is 14.4 Å². The van der Waals surface area contributed by atoms with E-state index in [1.54, 1.807) is 24.3 Å². The quantitative estimate of drug-likeness (QED) is 0.654. The van der Waals surface area contributed by atoms with Crippen LogP contribution < -0.4 is 16.4 Å². The number of primary amides is 1. The van der Waals surface area contributed by atoms with Gasteiger partial charge >= 0.3 is 0 Å². The molecule has 3 amide bonds. The molecule has 0 aromatic heterocycles. The number of anilines is 1. The summed E-state index contributed by atoms with van der Waals surface area (Å²) < 4.78 is 0. The summed E-state index contributed by atoms with van der Waals surface area (Å²) in [5.74, 6) is -0.822. The fourth-order valence-corrected chi connectivity index (χ4v) is 3.66. The third-order valence-corrected chi connectivity index (χ3v) is 5.45. The highest BCUT2D eigenvalue weighted by molar-refractivity contribution is 6.04. The second-order valence-corrected chi connectivity index (χ2v) is 7.65. The van der Waals surface area contributed by atoms with Crippen LogP contribution in [-0.4, -0.2) is 42.3 Å².